The van der Waals surface area contributed by atoms with Gasteiger partial charge in [0, 0.05) is 38.7 Å². The molecule has 0 saturated heterocycles. The van der Waals surface area contributed by atoms with Crippen LogP contribution in [0.3, 0.4) is 0 Å². The number of aromatic nitrogens is 3. The largest absolute Gasteiger partial charge is 0.360 e. The standard InChI is InChI=1S/C15H21N5/c1-3-4-10-20(2)14-7-9-17-15(19-14)18-12-13-6-5-8-16-11-13/h5-9,11H,3-4,10,12H2,1-2H3,(H,17,18,19). The average molecular weight is 271 g/mol. The lowest BCUT2D eigenvalue weighted by Gasteiger charge is -2.18. The third-order valence-electron chi connectivity index (χ3n) is 3.05. The van der Waals surface area contributed by atoms with Gasteiger partial charge >= 0.3 is 0 Å². The van der Waals surface area contributed by atoms with Crippen molar-refractivity contribution in [3.05, 3.63) is 42.4 Å². The van der Waals surface area contributed by atoms with Crippen LogP contribution in [0.5, 0.6) is 0 Å². The molecule has 0 bridgehead atoms. The summed E-state index contributed by atoms with van der Waals surface area (Å²) in [4.78, 5) is 15.0. The Hall–Kier alpha value is -2.17. The van der Waals surface area contributed by atoms with E-state index in [9.17, 15) is 0 Å². The van der Waals surface area contributed by atoms with Crippen LogP contribution in [0.4, 0.5) is 11.8 Å². The minimum atomic E-state index is 0.648. The van der Waals surface area contributed by atoms with E-state index in [1.165, 1.54) is 12.8 Å². The van der Waals surface area contributed by atoms with Gasteiger partial charge in [-0.25, -0.2) is 4.98 Å². The van der Waals surface area contributed by atoms with E-state index in [0.29, 0.717) is 12.5 Å². The molecule has 1 N–H and O–H groups in total. The zero-order chi connectivity index (χ0) is 14.2. The third kappa shape index (κ3) is 4.19. The van der Waals surface area contributed by atoms with Gasteiger partial charge in [-0.1, -0.05) is 19.4 Å². The summed E-state index contributed by atoms with van der Waals surface area (Å²) in [5.74, 6) is 1.59. The van der Waals surface area contributed by atoms with Crippen LogP contribution in [0, 0.1) is 0 Å². The smallest absolute Gasteiger partial charge is 0.224 e. The molecule has 0 fully saturated rings. The van der Waals surface area contributed by atoms with Crippen molar-refractivity contribution in [2.45, 2.75) is 26.3 Å². The molecule has 0 amide bonds. The SMILES string of the molecule is CCCCN(C)c1ccnc(NCc2cccnc2)n1. The predicted molar refractivity (Wildman–Crippen MR) is 81.8 cm³/mol. The summed E-state index contributed by atoms with van der Waals surface area (Å²) in [6, 6.07) is 5.88. The fourth-order valence-electron chi connectivity index (χ4n) is 1.84. The molecule has 20 heavy (non-hydrogen) atoms. The molecule has 0 aliphatic carbocycles. The van der Waals surface area contributed by atoms with Crippen molar-refractivity contribution in [3.63, 3.8) is 0 Å². The lowest BCUT2D eigenvalue weighted by Crippen LogP contribution is -2.20. The van der Waals surface area contributed by atoms with Gasteiger partial charge in [-0.3, -0.25) is 4.98 Å². The molecule has 0 saturated carbocycles. The molecule has 0 unspecified atom stereocenters. The normalized spacial score (nSPS) is 10.3. The number of anilines is 2. The van der Waals surface area contributed by atoms with Crippen molar-refractivity contribution in [1.29, 1.82) is 0 Å². The highest BCUT2D eigenvalue weighted by Crippen LogP contribution is 2.11. The van der Waals surface area contributed by atoms with E-state index >= 15 is 0 Å². The van der Waals surface area contributed by atoms with Gasteiger partial charge in [-0.2, -0.15) is 4.98 Å². The molecule has 2 heterocycles. The van der Waals surface area contributed by atoms with Crippen LogP contribution >= 0.6 is 0 Å². The van der Waals surface area contributed by atoms with Crippen molar-refractivity contribution in [1.82, 2.24) is 15.0 Å². The first-order chi connectivity index (χ1) is 9.79. The van der Waals surface area contributed by atoms with Crippen LogP contribution in [0.15, 0.2) is 36.8 Å². The number of rotatable bonds is 7. The molecular formula is C15H21N5. The van der Waals surface area contributed by atoms with Crippen LogP contribution in [-0.2, 0) is 6.54 Å². The molecule has 0 atom stereocenters. The maximum atomic E-state index is 4.52. The third-order valence-corrected chi connectivity index (χ3v) is 3.05. The van der Waals surface area contributed by atoms with Gasteiger partial charge in [0.25, 0.3) is 0 Å². The first kappa shape index (κ1) is 14.2. The van der Waals surface area contributed by atoms with E-state index < -0.39 is 0 Å². The molecule has 2 aromatic rings. The summed E-state index contributed by atoms with van der Waals surface area (Å²) >= 11 is 0. The topological polar surface area (TPSA) is 53.9 Å². The number of pyridine rings is 1. The highest BCUT2D eigenvalue weighted by molar-refractivity contribution is 5.41. The number of unbranched alkanes of at least 4 members (excludes halogenated alkanes) is 1. The summed E-state index contributed by atoms with van der Waals surface area (Å²) in [6.07, 6.45) is 7.74. The Morgan fingerprint density at radius 3 is 2.90 bits per heavy atom. The number of hydrogen-bond acceptors (Lipinski definition) is 5. The molecule has 2 aromatic heterocycles. The zero-order valence-corrected chi connectivity index (χ0v) is 12.1. The Bertz CT molecular complexity index is 515. The van der Waals surface area contributed by atoms with E-state index in [4.69, 9.17) is 0 Å². The fraction of sp³-hybridized carbons (Fsp3) is 0.400. The van der Waals surface area contributed by atoms with Gasteiger partial charge < -0.3 is 10.2 Å². The van der Waals surface area contributed by atoms with Gasteiger partial charge in [0.05, 0.1) is 0 Å². The molecule has 0 spiro atoms. The highest BCUT2D eigenvalue weighted by Gasteiger charge is 2.04. The molecule has 106 valence electrons. The second kappa shape index (κ2) is 7.43. The fourth-order valence-corrected chi connectivity index (χ4v) is 1.84. The van der Waals surface area contributed by atoms with E-state index in [1.807, 2.05) is 24.4 Å². The summed E-state index contributed by atoms with van der Waals surface area (Å²) < 4.78 is 0. The molecule has 0 aliphatic rings. The molecule has 5 heteroatoms. The molecule has 0 aliphatic heterocycles. The average Bonchev–Trinajstić information content (AvgIpc) is 2.52. The second-order valence-corrected chi connectivity index (χ2v) is 4.73. The summed E-state index contributed by atoms with van der Waals surface area (Å²) in [5, 5.41) is 3.22. The van der Waals surface area contributed by atoms with Crippen molar-refractivity contribution in [2.75, 3.05) is 23.8 Å². The van der Waals surface area contributed by atoms with E-state index in [-0.39, 0.29) is 0 Å². The summed E-state index contributed by atoms with van der Waals surface area (Å²) in [7, 11) is 2.06. The Morgan fingerprint density at radius 1 is 1.25 bits per heavy atom. The quantitative estimate of drug-likeness (QED) is 0.839. The molecule has 2 rings (SSSR count). The maximum absolute atomic E-state index is 4.52. The van der Waals surface area contributed by atoms with Crippen LogP contribution < -0.4 is 10.2 Å². The lowest BCUT2D eigenvalue weighted by molar-refractivity contribution is 0.758. The first-order valence-electron chi connectivity index (χ1n) is 6.96. The van der Waals surface area contributed by atoms with Crippen molar-refractivity contribution in [3.8, 4) is 0 Å². The Kier molecular flexibility index (Phi) is 5.29. The van der Waals surface area contributed by atoms with Gasteiger partial charge in [0.2, 0.25) is 5.95 Å². The maximum Gasteiger partial charge on any atom is 0.224 e. The van der Waals surface area contributed by atoms with Crippen LogP contribution in [0.25, 0.3) is 0 Å². The summed E-state index contributed by atoms with van der Waals surface area (Å²) in [5.41, 5.74) is 1.11. The number of hydrogen-bond donors (Lipinski definition) is 1. The lowest BCUT2D eigenvalue weighted by atomic mass is 10.3. The Morgan fingerprint density at radius 2 is 2.15 bits per heavy atom. The minimum absolute atomic E-state index is 0.648. The van der Waals surface area contributed by atoms with Crippen molar-refractivity contribution >= 4 is 11.8 Å². The minimum Gasteiger partial charge on any atom is -0.360 e. The van der Waals surface area contributed by atoms with E-state index in [1.54, 1.807) is 12.4 Å². The Labute approximate surface area is 120 Å². The summed E-state index contributed by atoms with van der Waals surface area (Å²) in [6.45, 7) is 3.88. The van der Waals surface area contributed by atoms with Crippen molar-refractivity contribution in [2.24, 2.45) is 0 Å². The second-order valence-electron chi connectivity index (χ2n) is 4.73. The first-order valence-corrected chi connectivity index (χ1v) is 6.96. The van der Waals surface area contributed by atoms with Crippen LogP contribution in [0.1, 0.15) is 25.3 Å². The number of nitrogens with one attached hydrogen (secondary N) is 1. The zero-order valence-electron chi connectivity index (χ0n) is 12.1. The molecule has 0 aromatic carbocycles. The molecular weight excluding hydrogens is 250 g/mol. The van der Waals surface area contributed by atoms with Gasteiger partial charge in [-0.15, -0.1) is 0 Å². The van der Waals surface area contributed by atoms with Crippen LogP contribution in [0.2, 0.25) is 0 Å². The monoisotopic (exact) mass is 271 g/mol. The number of nitrogens with zero attached hydrogens (tertiary/aromatic N) is 4. The predicted octanol–water partition coefficient (Wildman–Crippen LogP) is 2.72. The van der Waals surface area contributed by atoms with Crippen LogP contribution in [-0.4, -0.2) is 28.5 Å². The van der Waals surface area contributed by atoms with Crippen molar-refractivity contribution < 1.29 is 0 Å². The van der Waals surface area contributed by atoms with Gasteiger partial charge in [-0.05, 0) is 24.1 Å². The van der Waals surface area contributed by atoms with Gasteiger partial charge in [0.15, 0.2) is 0 Å². The van der Waals surface area contributed by atoms with E-state index in [2.05, 4.69) is 39.1 Å². The molecule has 0 radical (unpaired) electrons. The highest BCUT2D eigenvalue weighted by atomic mass is 15.2. The van der Waals surface area contributed by atoms with Gasteiger partial charge in [0.1, 0.15) is 5.82 Å². The molecule has 5 nitrogen and oxygen atoms in total. The Balaban J connectivity index is 1.95. The van der Waals surface area contributed by atoms with E-state index in [0.717, 1.165) is 17.9 Å².